The summed E-state index contributed by atoms with van der Waals surface area (Å²) in [7, 11) is 0. The first-order chi connectivity index (χ1) is 8.72. The van der Waals surface area contributed by atoms with Crippen LogP contribution in [0.5, 0.6) is 0 Å². The number of halogens is 1. The van der Waals surface area contributed by atoms with Gasteiger partial charge in [-0.2, -0.15) is 0 Å². The van der Waals surface area contributed by atoms with E-state index < -0.39 is 0 Å². The second-order valence-electron chi connectivity index (χ2n) is 4.74. The van der Waals surface area contributed by atoms with Crippen molar-refractivity contribution >= 4 is 21.6 Å². The molecule has 1 aromatic heterocycles. The van der Waals surface area contributed by atoms with Crippen LogP contribution in [-0.2, 0) is 6.54 Å². The molecule has 1 atom stereocenters. The zero-order valence-corrected chi connectivity index (χ0v) is 11.1. The first-order valence-corrected chi connectivity index (χ1v) is 7.04. The summed E-state index contributed by atoms with van der Waals surface area (Å²) < 4.78 is 14.1. The molecule has 3 rings (SSSR count). The van der Waals surface area contributed by atoms with E-state index in [9.17, 15) is 4.39 Å². The van der Waals surface area contributed by atoms with Crippen molar-refractivity contribution in [1.82, 2.24) is 15.2 Å². The molecule has 1 N–H and O–H groups in total. The number of nitrogens with one attached hydrogen (secondary N) is 1. The highest BCUT2D eigenvalue weighted by Crippen LogP contribution is 2.24. The predicted molar refractivity (Wildman–Crippen MR) is 72.3 cm³/mol. The van der Waals surface area contributed by atoms with Crippen molar-refractivity contribution in [3.05, 3.63) is 29.0 Å². The van der Waals surface area contributed by atoms with E-state index in [0.29, 0.717) is 6.04 Å². The van der Waals surface area contributed by atoms with Gasteiger partial charge in [0, 0.05) is 25.7 Å². The zero-order chi connectivity index (χ0) is 12.5. The van der Waals surface area contributed by atoms with Gasteiger partial charge < -0.3 is 5.32 Å². The summed E-state index contributed by atoms with van der Waals surface area (Å²) in [6, 6.07) is 5.32. The molecule has 3 nitrogen and oxygen atoms in total. The fraction of sp³-hybridized carbons (Fsp3) is 0.462. The lowest BCUT2D eigenvalue weighted by Crippen LogP contribution is -2.49. The minimum atomic E-state index is -0.187. The quantitative estimate of drug-likeness (QED) is 0.902. The maximum atomic E-state index is 13.1. The minimum Gasteiger partial charge on any atom is -0.314 e. The van der Waals surface area contributed by atoms with E-state index in [1.54, 1.807) is 23.5 Å². The number of nitrogens with zero attached hydrogens (tertiary/aromatic N) is 2. The summed E-state index contributed by atoms with van der Waals surface area (Å²) in [5, 5.41) is 4.45. The van der Waals surface area contributed by atoms with E-state index >= 15 is 0 Å². The molecule has 1 saturated heterocycles. The molecule has 2 heterocycles. The summed E-state index contributed by atoms with van der Waals surface area (Å²) >= 11 is 1.59. The lowest BCUT2D eigenvalue weighted by Gasteiger charge is -2.33. The van der Waals surface area contributed by atoms with Crippen LogP contribution in [0, 0.1) is 5.82 Å². The van der Waals surface area contributed by atoms with Crippen LogP contribution in [-0.4, -0.2) is 35.6 Å². The Morgan fingerprint density at radius 1 is 1.56 bits per heavy atom. The van der Waals surface area contributed by atoms with Crippen molar-refractivity contribution in [2.45, 2.75) is 19.5 Å². The maximum Gasteiger partial charge on any atom is 0.124 e. The normalized spacial score (nSPS) is 21.6. The topological polar surface area (TPSA) is 28.2 Å². The second kappa shape index (κ2) is 4.91. The highest BCUT2D eigenvalue weighted by molar-refractivity contribution is 7.18. The van der Waals surface area contributed by atoms with Crippen LogP contribution < -0.4 is 5.32 Å². The zero-order valence-electron chi connectivity index (χ0n) is 10.3. The molecule has 2 aromatic rings. The fourth-order valence-electron chi connectivity index (χ4n) is 2.31. The van der Waals surface area contributed by atoms with Gasteiger partial charge in [0.05, 0.1) is 16.8 Å². The third-order valence-corrected chi connectivity index (χ3v) is 4.37. The van der Waals surface area contributed by atoms with Crippen LogP contribution in [0.25, 0.3) is 10.2 Å². The Hall–Kier alpha value is -1.04. The summed E-state index contributed by atoms with van der Waals surface area (Å²) in [6.45, 7) is 6.19. The van der Waals surface area contributed by atoms with Crippen LogP contribution in [0.1, 0.15) is 11.9 Å². The molecule has 0 spiro atoms. The summed E-state index contributed by atoms with van der Waals surface area (Å²) in [6.07, 6.45) is 0. The maximum absolute atomic E-state index is 13.1. The molecule has 96 valence electrons. The largest absolute Gasteiger partial charge is 0.314 e. The van der Waals surface area contributed by atoms with E-state index in [2.05, 4.69) is 22.1 Å². The Morgan fingerprint density at radius 3 is 3.28 bits per heavy atom. The molecule has 18 heavy (non-hydrogen) atoms. The highest BCUT2D eigenvalue weighted by atomic mass is 32.1. The number of thiazole rings is 1. The van der Waals surface area contributed by atoms with Crippen molar-refractivity contribution in [2.75, 3.05) is 19.6 Å². The fourth-order valence-corrected chi connectivity index (χ4v) is 3.32. The molecule has 1 unspecified atom stereocenters. The SMILES string of the molecule is CC1CNCCN1Cc1nc2ccc(F)cc2s1. The Morgan fingerprint density at radius 2 is 2.44 bits per heavy atom. The van der Waals surface area contributed by atoms with Crippen molar-refractivity contribution < 1.29 is 4.39 Å². The number of rotatable bonds is 2. The van der Waals surface area contributed by atoms with Crippen molar-refractivity contribution in [3.63, 3.8) is 0 Å². The van der Waals surface area contributed by atoms with E-state index in [-0.39, 0.29) is 5.82 Å². The van der Waals surface area contributed by atoms with Gasteiger partial charge in [0.2, 0.25) is 0 Å². The Kier molecular flexibility index (Phi) is 3.28. The minimum absolute atomic E-state index is 0.187. The van der Waals surface area contributed by atoms with Gasteiger partial charge >= 0.3 is 0 Å². The monoisotopic (exact) mass is 265 g/mol. The van der Waals surface area contributed by atoms with Crippen molar-refractivity contribution in [3.8, 4) is 0 Å². The lowest BCUT2D eigenvalue weighted by molar-refractivity contribution is 0.165. The molecular formula is C13H16FN3S. The molecule has 0 amide bonds. The van der Waals surface area contributed by atoms with Gasteiger partial charge in [-0.3, -0.25) is 4.90 Å². The lowest BCUT2D eigenvalue weighted by atomic mass is 10.2. The molecule has 1 aromatic carbocycles. The van der Waals surface area contributed by atoms with Gasteiger partial charge in [-0.05, 0) is 25.1 Å². The average molecular weight is 265 g/mol. The van der Waals surface area contributed by atoms with Crippen LogP contribution >= 0.6 is 11.3 Å². The summed E-state index contributed by atoms with van der Waals surface area (Å²) in [5.74, 6) is -0.187. The van der Waals surface area contributed by atoms with Crippen LogP contribution in [0.2, 0.25) is 0 Å². The average Bonchev–Trinajstić information content (AvgIpc) is 2.73. The highest BCUT2D eigenvalue weighted by Gasteiger charge is 2.19. The first kappa shape index (κ1) is 12.0. The van der Waals surface area contributed by atoms with Gasteiger partial charge in [0.1, 0.15) is 10.8 Å². The number of hydrogen-bond donors (Lipinski definition) is 1. The van der Waals surface area contributed by atoms with Crippen molar-refractivity contribution in [1.29, 1.82) is 0 Å². The van der Waals surface area contributed by atoms with E-state index in [1.165, 1.54) is 6.07 Å². The molecule has 0 bridgehead atoms. The first-order valence-electron chi connectivity index (χ1n) is 6.22. The molecule has 5 heteroatoms. The van der Waals surface area contributed by atoms with E-state index in [0.717, 1.165) is 41.4 Å². The van der Waals surface area contributed by atoms with Crippen LogP contribution in [0.3, 0.4) is 0 Å². The predicted octanol–water partition coefficient (Wildman–Crippen LogP) is 2.23. The Balaban J connectivity index is 1.81. The van der Waals surface area contributed by atoms with Gasteiger partial charge in [-0.15, -0.1) is 11.3 Å². The molecule has 1 aliphatic rings. The third-order valence-electron chi connectivity index (χ3n) is 3.37. The number of benzene rings is 1. The van der Waals surface area contributed by atoms with Gasteiger partial charge in [-0.1, -0.05) is 0 Å². The Bertz CT molecular complexity index is 554. The second-order valence-corrected chi connectivity index (χ2v) is 5.86. The van der Waals surface area contributed by atoms with E-state index in [1.807, 2.05) is 0 Å². The smallest absolute Gasteiger partial charge is 0.124 e. The van der Waals surface area contributed by atoms with Crippen molar-refractivity contribution in [2.24, 2.45) is 0 Å². The van der Waals surface area contributed by atoms with Gasteiger partial charge in [0.25, 0.3) is 0 Å². The number of piperazine rings is 1. The molecule has 1 aliphatic heterocycles. The van der Waals surface area contributed by atoms with Gasteiger partial charge in [0.15, 0.2) is 0 Å². The summed E-state index contributed by atoms with van der Waals surface area (Å²) in [5.41, 5.74) is 0.902. The Labute approximate surface area is 110 Å². The number of aromatic nitrogens is 1. The molecule has 0 saturated carbocycles. The standard InChI is InChI=1S/C13H16FN3S/c1-9-7-15-4-5-17(9)8-13-16-11-3-2-10(14)6-12(11)18-13/h2-3,6,9,15H,4-5,7-8H2,1H3. The number of hydrogen-bond acceptors (Lipinski definition) is 4. The summed E-state index contributed by atoms with van der Waals surface area (Å²) in [4.78, 5) is 6.99. The third kappa shape index (κ3) is 2.39. The van der Waals surface area contributed by atoms with Gasteiger partial charge in [-0.25, -0.2) is 9.37 Å². The van der Waals surface area contributed by atoms with Crippen LogP contribution in [0.15, 0.2) is 18.2 Å². The van der Waals surface area contributed by atoms with Crippen LogP contribution in [0.4, 0.5) is 4.39 Å². The molecular weight excluding hydrogens is 249 g/mol. The molecule has 0 aliphatic carbocycles. The molecule has 0 radical (unpaired) electrons. The number of fused-ring (bicyclic) bond motifs is 1. The van der Waals surface area contributed by atoms with E-state index in [4.69, 9.17) is 0 Å². The molecule has 1 fully saturated rings.